The Kier molecular flexibility index (Phi) is 9.80. The number of hydrogen-bond acceptors (Lipinski definition) is 5. The summed E-state index contributed by atoms with van der Waals surface area (Å²) in [5.41, 5.74) is 3.54. The van der Waals surface area contributed by atoms with Crippen LogP contribution >= 0.6 is 0 Å². The van der Waals surface area contributed by atoms with Gasteiger partial charge in [-0.2, -0.15) is 0 Å². The molecule has 5 heteroatoms. The molecular formula is C30H37NO4. The first kappa shape index (κ1) is 26.8. The lowest BCUT2D eigenvalue weighted by atomic mass is 9.81. The molecule has 0 radical (unpaired) electrons. The Morgan fingerprint density at radius 1 is 1.03 bits per heavy atom. The first-order valence-corrected chi connectivity index (χ1v) is 12.6. The Morgan fingerprint density at radius 3 is 2.34 bits per heavy atom. The van der Waals surface area contributed by atoms with Crippen molar-refractivity contribution >= 4 is 11.6 Å². The van der Waals surface area contributed by atoms with E-state index in [1.54, 1.807) is 31.2 Å². The minimum Gasteiger partial charge on any atom is -0.393 e. The van der Waals surface area contributed by atoms with E-state index in [0.29, 0.717) is 5.56 Å². The standard InChI is InChI=1S/C30H37NO4/c1-20(32)18-27(33)28(30(35)31-3)21(2)29(34)26-16-14-23(15-17-26)12-13-25-9-5-8-24(19-25)7-4-6-22-10-11-22/h5,8-9,14-17,19-22,28,30-32,35H,4,6-7,10-11,18H2,1-3H3/t20-,21+,28?,30+/m0/s1. The molecule has 0 amide bonds. The Morgan fingerprint density at radius 2 is 1.71 bits per heavy atom. The van der Waals surface area contributed by atoms with Crippen LogP contribution in [0.2, 0.25) is 0 Å². The maximum absolute atomic E-state index is 13.1. The number of nitrogens with one attached hydrogen (secondary N) is 1. The number of aliphatic hydroxyl groups is 2. The van der Waals surface area contributed by atoms with Crippen LogP contribution in [0, 0.1) is 29.6 Å². The number of ketones is 2. The number of Topliss-reactive ketones (excluding diaryl/α,β-unsaturated/α-hetero) is 2. The summed E-state index contributed by atoms with van der Waals surface area (Å²) in [7, 11) is 1.53. The highest BCUT2D eigenvalue weighted by atomic mass is 16.3. The second-order valence-corrected chi connectivity index (χ2v) is 9.80. The number of hydrogen-bond donors (Lipinski definition) is 3. The average Bonchev–Trinajstić information content (AvgIpc) is 3.67. The number of aliphatic hydroxyl groups excluding tert-OH is 2. The molecule has 0 saturated heterocycles. The van der Waals surface area contributed by atoms with Gasteiger partial charge in [-0.05, 0) is 62.6 Å². The SMILES string of the molecule is CN[C@H](O)C(C(=O)C[C@H](C)O)[C@@H](C)C(=O)c1ccc(C#Cc2cccc(CCCC3CC3)c2)cc1. The maximum Gasteiger partial charge on any atom is 0.166 e. The molecule has 1 aliphatic carbocycles. The minimum atomic E-state index is -1.17. The van der Waals surface area contributed by atoms with Gasteiger partial charge >= 0.3 is 0 Å². The van der Waals surface area contributed by atoms with Crippen molar-refractivity contribution in [2.45, 2.75) is 64.7 Å². The molecule has 0 heterocycles. The summed E-state index contributed by atoms with van der Waals surface area (Å²) in [6, 6.07) is 15.4. The predicted molar refractivity (Wildman–Crippen MR) is 138 cm³/mol. The fourth-order valence-corrected chi connectivity index (χ4v) is 4.43. The lowest BCUT2D eigenvalue weighted by Gasteiger charge is -2.27. The molecule has 0 spiro atoms. The van der Waals surface area contributed by atoms with E-state index < -0.39 is 24.2 Å². The summed E-state index contributed by atoms with van der Waals surface area (Å²) >= 11 is 0. The zero-order chi connectivity index (χ0) is 25.4. The van der Waals surface area contributed by atoms with E-state index in [1.807, 2.05) is 6.07 Å². The molecular weight excluding hydrogens is 438 g/mol. The average molecular weight is 476 g/mol. The third kappa shape index (κ3) is 8.14. The van der Waals surface area contributed by atoms with Crippen molar-refractivity contribution in [1.29, 1.82) is 0 Å². The zero-order valence-electron chi connectivity index (χ0n) is 21.0. The second-order valence-electron chi connectivity index (χ2n) is 9.80. The second kappa shape index (κ2) is 12.8. The quantitative estimate of drug-likeness (QED) is 0.244. The van der Waals surface area contributed by atoms with Crippen LogP contribution in [0.3, 0.4) is 0 Å². The molecule has 2 aromatic carbocycles. The zero-order valence-corrected chi connectivity index (χ0v) is 21.0. The van der Waals surface area contributed by atoms with Gasteiger partial charge in [0.25, 0.3) is 0 Å². The Balaban J connectivity index is 1.65. The highest BCUT2D eigenvalue weighted by Crippen LogP contribution is 2.33. The number of benzene rings is 2. The van der Waals surface area contributed by atoms with Gasteiger partial charge in [0.2, 0.25) is 0 Å². The third-order valence-electron chi connectivity index (χ3n) is 6.68. The molecule has 3 N–H and O–H groups in total. The highest BCUT2D eigenvalue weighted by Gasteiger charge is 2.35. The van der Waals surface area contributed by atoms with Gasteiger partial charge in [0, 0.05) is 29.0 Å². The van der Waals surface area contributed by atoms with E-state index in [-0.39, 0.29) is 18.0 Å². The molecule has 3 rings (SSSR count). The summed E-state index contributed by atoms with van der Waals surface area (Å²) in [5, 5.41) is 22.5. The topological polar surface area (TPSA) is 86.6 Å². The van der Waals surface area contributed by atoms with Gasteiger partial charge in [-0.15, -0.1) is 0 Å². The fraction of sp³-hybridized carbons (Fsp3) is 0.467. The van der Waals surface area contributed by atoms with Crippen LogP contribution in [0.5, 0.6) is 0 Å². The largest absolute Gasteiger partial charge is 0.393 e. The molecule has 2 aromatic rings. The van der Waals surface area contributed by atoms with Crippen LogP contribution in [-0.4, -0.2) is 41.2 Å². The van der Waals surface area contributed by atoms with Crippen LogP contribution in [-0.2, 0) is 11.2 Å². The lowest BCUT2D eigenvalue weighted by molar-refractivity contribution is -0.130. The van der Waals surface area contributed by atoms with Crippen LogP contribution < -0.4 is 5.32 Å². The van der Waals surface area contributed by atoms with Crippen LogP contribution in [0.25, 0.3) is 0 Å². The normalized spacial score (nSPS) is 16.5. The van der Waals surface area contributed by atoms with Crippen molar-refractivity contribution in [3.8, 4) is 11.8 Å². The van der Waals surface area contributed by atoms with Crippen molar-refractivity contribution in [1.82, 2.24) is 5.32 Å². The molecule has 0 bridgehead atoms. The van der Waals surface area contributed by atoms with Gasteiger partial charge in [0.05, 0.1) is 12.0 Å². The van der Waals surface area contributed by atoms with Crippen molar-refractivity contribution < 1.29 is 19.8 Å². The molecule has 5 nitrogen and oxygen atoms in total. The summed E-state index contributed by atoms with van der Waals surface area (Å²) in [4.78, 5) is 25.7. The fourth-order valence-electron chi connectivity index (χ4n) is 4.43. The summed E-state index contributed by atoms with van der Waals surface area (Å²) in [5.74, 6) is 5.06. The summed E-state index contributed by atoms with van der Waals surface area (Å²) < 4.78 is 0. The van der Waals surface area contributed by atoms with Crippen LogP contribution in [0.1, 0.15) is 73.0 Å². The van der Waals surface area contributed by atoms with E-state index in [1.165, 1.54) is 45.2 Å². The first-order chi connectivity index (χ1) is 16.8. The predicted octanol–water partition coefficient (Wildman–Crippen LogP) is 4.13. The molecule has 1 unspecified atom stereocenters. The molecule has 186 valence electrons. The van der Waals surface area contributed by atoms with Crippen molar-refractivity contribution in [2.24, 2.45) is 17.8 Å². The van der Waals surface area contributed by atoms with E-state index in [9.17, 15) is 19.8 Å². The molecule has 1 saturated carbocycles. The summed E-state index contributed by atoms with van der Waals surface area (Å²) in [6.45, 7) is 3.15. The number of carbonyl (C=O) groups is 2. The Bertz CT molecular complexity index is 1060. The first-order valence-electron chi connectivity index (χ1n) is 12.6. The maximum atomic E-state index is 13.1. The van der Waals surface area contributed by atoms with Gasteiger partial charge in [0.15, 0.2) is 5.78 Å². The van der Waals surface area contributed by atoms with Crippen LogP contribution in [0.4, 0.5) is 0 Å². The molecule has 4 atom stereocenters. The van der Waals surface area contributed by atoms with Gasteiger partial charge in [-0.1, -0.05) is 62.3 Å². The van der Waals surface area contributed by atoms with E-state index in [0.717, 1.165) is 23.5 Å². The number of aryl methyl sites for hydroxylation is 1. The van der Waals surface area contributed by atoms with Gasteiger partial charge in [0.1, 0.15) is 12.0 Å². The summed E-state index contributed by atoms with van der Waals surface area (Å²) in [6.07, 6.45) is 4.31. The highest BCUT2D eigenvalue weighted by molar-refractivity contribution is 6.00. The minimum absolute atomic E-state index is 0.114. The molecule has 1 aliphatic rings. The third-order valence-corrected chi connectivity index (χ3v) is 6.68. The smallest absolute Gasteiger partial charge is 0.166 e. The molecule has 35 heavy (non-hydrogen) atoms. The van der Waals surface area contributed by atoms with Crippen molar-refractivity contribution in [3.63, 3.8) is 0 Å². The lowest BCUT2D eigenvalue weighted by Crippen LogP contribution is -2.44. The number of rotatable bonds is 12. The van der Waals surface area contributed by atoms with Gasteiger partial charge in [-0.25, -0.2) is 0 Å². The van der Waals surface area contributed by atoms with Gasteiger partial charge in [-0.3, -0.25) is 14.9 Å². The van der Waals surface area contributed by atoms with E-state index in [2.05, 4.69) is 35.4 Å². The molecule has 0 aliphatic heterocycles. The van der Waals surface area contributed by atoms with Crippen molar-refractivity contribution in [2.75, 3.05) is 7.05 Å². The van der Waals surface area contributed by atoms with Crippen molar-refractivity contribution in [3.05, 3.63) is 70.8 Å². The molecule has 0 aromatic heterocycles. The molecule has 1 fully saturated rings. The number of carbonyl (C=O) groups excluding carboxylic acids is 2. The monoisotopic (exact) mass is 475 g/mol. The van der Waals surface area contributed by atoms with Gasteiger partial charge < -0.3 is 10.2 Å². The Hall–Kier alpha value is -2.78. The van der Waals surface area contributed by atoms with E-state index in [4.69, 9.17) is 0 Å². The Labute approximate surface area is 209 Å². The van der Waals surface area contributed by atoms with Crippen LogP contribution in [0.15, 0.2) is 48.5 Å². The van der Waals surface area contributed by atoms with E-state index >= 15 is 0 Å².